The van der Waals surface area contributed by atoms with E-state index in [4.69, 9.17) is 11.6 Å². The van der Waals surface area contributed by atoms with Crippen LogP contribution in [0.4, 0.5) is 4.79 Å². The Bertz CT molecular complexity index is 915. The topological polar surface area (TPSA) is 66.5 Å². The number of benzene rings is 1. The lowest BCUT2D eigenvalue weighted by Gasteiger charge is -2.12. The Hall–Kier alpha value is -2.09. The number of nitrogens with zero attached hydrogens (tertiary/aromatic N) is 1. The fourth-order valence-electron chi connectivity index (χ4n) is 2.46. The SMILES string of the molecule is Cc1cc(C(=O)NCCN2C(=O)S/C(=C\c3ccc(Cl)cc3)C2=O)sc1C. The zero-order valence-electron chi connectivity index (χ0n) is 14.7. The summed E-state index contributed by atoms with van der Waals surface area (Å²) in [6, 6.07) is 8.84. The van der Waals surface area contributed by atoms with Gasteiger partial charge in [-0.3, -0.25) is 19.3 Å². The Morgan fingerprint density at radius 2 is 1.93 bits per heavy atom. The van der Waals surface area contributed by atoms with Gasteiger partial charge in [-0.1, -0.05) is 23.7 Å². The lowest BCUT2D eigenvalue weighted by atomic mass is 10.2. The molecule has 0 bridgehead atoms. The molecule has 1 saturated heterocycles. The Labute approximate surface area is 170 Å². The molecule has 5 nitrogen and oxygen atoms in total. The first-order valence-electron chi connectivity index (χ1n) is 8.21. The van der Waals surface area contributed by atoms with Crippen LogP contribution in [0.3, 0.4) is 0 Å². The van der Waals surface area contributed by atoms with Gasteiger partial charge in [-0.05, 0) is 61.0 Å². The summed E-state index contributed by atoms with van der Waals surface area (Å²) in [6.07, 6.45) is 1.66. The molecule has 3 amide bonds. The average molecular weight is 421 g/mol. The summed E-state index contributed by atoms with van der Waals surface area (Å²) < 4.78 is 0. The van der Waals surface area contributed by atoms with Gasteiger partial charge in [0.05, 0.1) is 9.78 Å². The third-order valence-electron chi connectivity index (χ3n) is 4.05. The smallest absolute Gasteiger partial charge is 0.293 e. The maximum atomic E-state index is 12.5. The van der Waals surface area contributed by atoms with Crippen molar-refractivity contribution < 1.29 is 14.4 Å². The molecule has 0 saturated carbocycles. The Morgan fingerprint density at radius 1 is 1.22 bits per heavy atom. The summed E-state index contributed by atoms with van der Waals surface area (Å²) in [5, 5.41) is 3.03. The number of hydrogen-bond acceptors (Lipinski definition) is 5. The zero-order valence-corrected chi connectivity index (χ0v) is 17.1. The molecular weight excluding hydrogens is 404 g/mol. The summed E-state index contributed by atoms with van der Waals surface area (Å²) in [7, 11) is 0. The van der Waals surface area contributed by atoms with Crippen molar-refractivity contribution in [2.24, 2.45) is 0 Å². The zero-order chi connectivity index (χ0) is 19.6. The number of thiophene rings is 1. The largest absolute Gasteiger partial charge is 0.350 e. The van der Waals surface area contributed by atoms with Crippen LogP contribution in [0.15, 0.2) is 35.2 Å². The van der Waals surface area contributed by atoms with Gasteiger partial charge in [-0.2, -0.15) is 0 Å². The molecule has 0 unspecified atom stereocenters. The van der Waals surface area contributed by atoms with Gasteiger partial charge in [0, 0.05) is 23.0 Å². The number of amides is 3. The fraction of sp³-hybridized carbons (Fsp3) is 0.211. The van der Waals surface area contributed by atoms with E-state index in [0.29, 0.717) is 14.8 Å². The molecule has 1 aliphatic heterocycles. The van der Waals surface area contributed by atoms with Crippen LogP contribution >= 0.6 is 34.7 Å². The number of aryl methyl sites for hydroxylation is 2. The standard InChI is InChI=1S/C19H17ClN2O3S2/c1-11-9-15(26-12(11)2)17(23)21-7-8-22-18(24)16(27-19(22)25)10-13-3-5-14(20)6-4-13/h3-6,9-10H,7-8H2,1-2H3,(H,21,23)/b16-10-. The predicted octanol–water partition coefficient (Wildman–Crippen LogP) is 4.48. The van der Waals surface area contributed by atoms with Crippen molar-refractivity contribution in [1.29, 1.82) is 0 Å². The number of thioether (sulfide) groups is 1. The van der Waals surface area contributed by atoms with E-state index in [2.05, 4.69) is 5.32 Å². The number of carbonyl (C=O) groups is 3. The van der Waals surface area contributed by atoms with Crippen molar-refractivity contribution in [3.8, 4) is 0 Å². The van der Waals surface area contributed by atoms with E-state index in [-0.39, 0.29) is 30.1 Å². The molecule has 3 rings (SSSR count). The third kappa shape index (κ3) is 4.61. The molecule has 1 aliphatic rings. The highest BCUT2D eigenvalue weighted by Crippen LogP contribution is 2.32. The molecule has 2 aromatic rings. The lowest BCUT2D eigenvalue weighted by Crippen LogP contribution is -2.37. The monoisotopic (exact) mass is 420 g/mol. The van der Waals surface area contributed by atoms with E-state index < -0.39 is 0 Å². The van der Waals surface area contributed by atoms with Gasteiger partial charge in [0.2, 0.25) is 0 Å². The molecule has 1 N–H and O–H groups in total. The fourth-order valence-corrected chi connectivity index (χ4v) is 4.40. The third-order valence-corrected chi connectivity index (χ3v) is 6.36. The molecule has 0 radical (unpaired) electrons. The summed E-state index contributed by atoms with van der Waals surface area (Å²) in [5.41, 5.74) is 1.87. The van der Waals surface area contributed by atoms with E-state index in [1.165, 1.54) is 11.3 Å². The number of halogens is 1. The summed E-state index contributed by atoms with van der Waals surface area (Å²) in [5.74, 6) is -0.545. The number of carbonyl (C=O) groups excluding carboxylic acids is 3. The Morgan fingerprint density at radius 3 is 2.56 bits per heavy atom. The first-order chi connectivity index (χ1) is 12.8. The minimum atomic E-state index is -0.350. The van der Waals surface area contributed by atoms with Crippen LogP contribution in [0.2, 0.25) is 5.02 Å². The summed E-state index contributed by atoms with van der Waals surface area (Å²) in [4.78, 5) is 40.0. The normalized spacial score (nSPS) is 15.7. The van der Waals surface area contributed by atoms with E-state index in [1.807, 2.05) is 19.9 Å². The number of imide groups is 1. The minimum absolute atomic E-state index is 0.137. The first-order valence-corrected chi connectivity index (χ1v) is 10.2. The van der Waals surface area contributed by atoms with E-state index in [0.717, 1.165) is 32.7 Å². The summed E-state index contributed by atoms with van der Waals surface area (Å²) >= 11 is 8.17. The van der Waals surface area contributed by atoms with Crippen molar-refractivity contribution in [3.63, 3.8) is 0 Å². The van der Waals surface area contributed by atoms with Crippen LogP contribution < -0.4 is 5.32 Å². The molecular formula is C19H17ClN2O3S2. The lowest BCUT2D eigenvalue weighted by molar-refractivity contribution is -0.122. The highest BCUT2D eigenvalue weighted by Gasteiger charge is 2.34. The minimum Gasteiger partial charge on any atom is -0.350 e. The molecule has 1 aromatic heterocycles. The van der Waals surface area contributed by atoms with Gasteiger partial charge in [-0.25, -0.2) is 0 Å². The number of rotatable bonds is 5. The average Bonchev–Trinajstić information content (AvgIpc) is 3.10. The molecule has 8 heteroatoms. The van der Waals surface area contributed by atoms with Crippen molar-refractivity contribution in [2.75, 3.05) is 13.1 Å². The highest BCUT2D eigenvalue weighted by molar-refractivity contribution is 8.18. The van der Waals surface area contributed by atoms with Gasteiger partial charge in [-0.15, -0.1) is 11.3 Å². The van der Waals surface area contributed by atoms with Gasteiger partial charge in [0.1, 0.15) is 0 Å². The van der Waals surface area contributed by atoms with Gasteiger partial charge in [0.15, 0.2) is 0 Å². The quantitative estimate of drug-likeness (QED) is 0.724. The van der Waals surface area contributed by atoms with Crippen molar-refractivity contribution in [3.05, 3.63) is 61.1 Å². The van der Waals surface area contributed by atoms with Crippen molar-refractivity contribution in [1.82, 2.24) is 10.2 Å². The number of nitrogens with one attached hydrogen (secondary N) is 1. The van der Waals surface area contributed by atoms with Crippen LogP contribution in [0.1, 0.15) is 25.7 Å². The Balaban J connectivity index is 1.59. The van der Waals surface area contributed by atoms with Crippen LogP contribution in [-0.4, -0.2) is 35.0 Å². The van der Waals surface area contributed by atoms with Crippen LogP contribution in [0.5, 0.6) is 0 Å². The highest BCUT2D eigenvalue weighted by atomic mass is 35.5. The number of hydrogen-bond donors (Lipinski definition) is 1. The molecule has 0 spiro atoms. The van der Waals surface area contributed by atoms with Gasteiger partial charge < -0.3 is 5.32 Å². The maximum Gasteiger partial charge on any atom is 0.293 e. The maximum absolute atomic E-state index is 12.5. The Kier molecular flexibility index (Phi) is 6.04. The van der Waals surface area contributed by atoms with Crippen LogP contribution in [-0.2, 0) is 4.79 Å². The molecule has 27 heavy (non-hydrogen) atoms. The second kappa shape index (κ2) is 8.29. The molecule has 0 atom stereocenters. The molecule has 1 fully saturated rings. The van der Waals surface area contributed by atoms with Crippen molar-refractivity contribution >= 4 is 57.8 Å². The van der Waals surface area contributed by atoms with Crippen LogP contribution in [0.25, 0.3) is 6.08 Å². The predicted molar refractivity (Wildman–Crippen MR) is 110 cm³/mol. The molecule has 2 heterocycles. The van der Waals surface area contributed by atoms with E-state index in [9.17, 15) is 14.4 Å². The van der Waals surface area contributed by atoms with Gasteiger partial charge >= 0.3 is 0 Å². The first kappa shape index (κ1) is 19.7. The van der Waals surface area contributed by atoms with Crippen molar-refractivity contribution in [2.45, 2.75) is 13.8 Å². The van der Waals surface area contributed by atoms with E-state index >= 15 is 0 Å². The second-order valence-electron chi connectivity index (χ2n) is 5.99. The molecule has 1 aromatic carbocycles. The summed E-state index contributed by atoms with van der Waals surface area (Å²) in [6.45, 7) is 4.26. The van der Waals surface area contributed by atoms with E-state index in [1.54, 1.807) is 30.3 Å². The second-order valence-corrected chi connectivity index (χ2v) is 8.68. The molecule has 140 valence electrons. The molecule has 0 aliphatic carbocycles. The van der Waals surface area contributed by atoms with Gasteiger partial charge in [0.25, 0.3) is 17.1 Å². The van der Waals surface area contributed by atoms with Crippen LogP contribution in [0, 0.1) is 13.8 Å².